The number of methoxy groups -OCH3 is 2. The molecule has 1 aromatic heterocycles. The molecule has 0 aliphatic carbocycles. The second-order valence-electron chi connectivity index (χ2n) is 8.44. The quantitative estimate of drug-likeness (QED) is 0.358. The lowest BCUT2D eigenvalue weighted by molar-refractivity contribution is -0.137. The molecule has 4 aromatic rings. The molecule has 0 spiro atoms. The summed E-state index contributed by atoms with van der Waals surface area (Å²) < 4.78 is 56.0. The summed E-state index contributed by atoms with van der Waals surface area (Å²) in [7, 11) is 3.10. The van der Waals surface area contributed by atoms with E-state index in [0.29, 0.717) is 46.8 Å². The predicted molar refractivity (Wildman–Crippen MR) is 128 cm³/mol. The molecule has 1 N–H and O–H groups in total. The first-order valence-corrected chi connectivity index (χ1v) is 11.3. The maximum Gasteiger partial charge on any atom is 0.416 e. The number of carbonyl (C=O) groups excluding carboxylic acids is 1. The first kappa shape index (κ1) is 23.6. The number of aromatic amines is 1. The van der Waals surface area contributed by atoms with Gasteiger partial charge >= 0.3 is 12.3 Å². The Morgan fingerprint density at radius 2 is 1.53 bits per heavy atom. The smallest absolute Gasteiger partial charge is 0.416 e. The van der Waals surface area contributed by atoms with Crippen molar-refractivity contribution in [2.45, 2.75) is 18.6 Å². The van der Waals surface area contributed by atoms with Gasteiger partial charge in [0.15, 0.2) is 0 Å². The van der Waals surface area contributed by atoms with Crippen LogP contribution in [0.3, 0.4) is 0 Å². The number of ether oxygens (including phenoxy) is 3. The standard InChI is InChI=1S/C27H23F3N2O4/c1-34-18-6-3-16(4-7-18)25-24-22(21-12-5-17(27(28,29)30)15-23(21)31-24)13-14-32(25)26(33)36-20-10-8-19(35-2)9-11-20/h3-12,15,25,31H,13-14H2,1-2H3. The summed E-state index contributed by atoms with van der Waals surface area (Å²) in [6.45, 7) is 0.326. The van der Waals surface area contributed by atoms with E-state index < -0.39 is 23.9 Å². The van der Waals surface area contributed by atoms with Crippen LogP contribution < -0.4 is 14.2 Å². The normalized spacial score (nSPS) is 15.5. The van der Waals surface area contributed by atoms with Crippen molar-refractivity contribution in [3.05, 3.63) is 89.1 Å². The Kier molecular flexibility index (Phi) is 5.99. The lowest BCUT2D eigenvalue weighted by Crippen LogP contribution is -2.42. The number of benzene rings is 3. The summed E-state index contributed by atoms with van der Waals surface area (Å²) >= 11 is 0. The van der Waals surface area contributed by atoms with Crippen LogP contribution in [0.5, 0.6) is 17.2 Å². The molecule has 0 saturated heterocycles. The molecule has 3 aromatic carbocycles. The van der Waals surface area contributed by atoms with Gasteiger partial charge in [0.1, 0.15) is 23.3 Å². The van der Waals surface area contributed by atoms with Crippen LogP contribution in [0.4, 0.5) is 18.0 Å². The molecule has 1 aliphatic rings. The van der Waals surface area contributed by atoms with Crippen molar-refractivity contribution >= 4 is 17.0 Å². The fourth-order valence-corrected chi connectivity index (χ4v) is 4.61. The molecule has 186 valence electrons. The van der Waals surface area contributed by atoms with Gasteiger partial charge in [-0.25, -0.2) is 4.79 Å². The van der Waals surface area contributed by atoms with Crippen LogP contribution in [-0.2, 0) is 12.6 Å². The van der Waals surface area contributed by atoms with E-state index >= 15 is 0 Å². The Morgan fingerprint density at radius 3 is 2.14 bits per heavy atom. The molecule has 1 amide bonds. The van der Waals surface area contributed by atoms with E-state index in [-0.39, 0.29) is 0 Å². The molecular formula is C27H23F3N2O4. The number of halogens is 3. The second kappa shape index (κ2) is 9.14. The van der Waals surface area contributed by atoms with Gasteiger partial charge in [0.25, 0.3) is 0 Å². The number of aromatic nitrogens is 1. The van der Waals surface area contributed by atoms with Crippen molar-refractivity contribution in [2.24, 2.45) is 0 Å². The van der Waals surface area contributed by atoms with Crippen molar-refractivity contribution in [2.75, 3.05) is 20.8 Å². The molecule has 1 atom stereocenters. The van der Waals surface area contributed by atoms with Crippen molar-refractivity contribution in [3.8, 4) is 17.2 Å². The molecule has 0 saturated carbocycles. The van der Waals surface area contributed by atoms with E-state index in [0.717, 1.165) is 23.3 Å². The molecule has 0 fully saturated rings. The molecule has 0 radical (unpaired) electrons. The highest BCUT2D eigenvalue weighted by Gasteiger charge is 2.37. The van der Waals surface area contributed by atoms with E-state index in [4.69, 9.17) is 14.2 Å². The molecule has 5 rings (SSSR count). The molecule has 9 heteroatoms. The van der Waals surface area contributed by atoms with Crippen molar-refractivity contribution < 1.29 is 32.2 Å². The largest absolute Gasteiger partial charge is 0.497 e. The molecule has 36 heavy (non-hydrogen) atoms. The van der Waals surface area contributed by atoms with Gasteiger partial charge in [0, 0.05) is 23.1 Å². The summed E-state index contributed by atoms with van der Waals surface area (Å²) in [6.07, 6.45) is -4.56. The zero-order chi connectivity index (χ0) is 25.4. The minimum atomic E-state index is -4.45. The number of hydrogen-bond acceptors (Lipinski definition) is 4. The van der Waals surface area contributed by atoms with Crippen LogP contribution >= 0.6 is 0 Å². The lowest BCUT2D eigenvalue weighted by atomic mass is 9.92. The maximum atomic E-state index is 13.3. The Balaban J connectivity index is 1.56. The van der Waals surface area contributed by atoms with Crippen LogP contribution in [0.1, 0.15) is 28.4 Å². The van der Waals surface area contributed by atoms with Gasteiger partial charge in [0.05, 0.1) is 19.8 Å². The Bertz CT molecular complexity index is 1400. The topological polar surface area (TPSA) is 63.8 Å². The van der Waals surface area contributed by atoms with E-state index in [1.54, 1.807) is 55.5 Å². The van der Waals surface area contributed by atoms with E-state index in [2.05, 4.69) is 4.98 Å². The van der Waals surface area contributed by atoms with Crippen LogP contribution in [-0.4, -0.2) is 36.7 Å². The molecule has 6 nitrogen and oxygen atoms in total. The number of amides is 1. The summed E-state index contributed by atoms with van der Waals surface area (Å²) in [4.78, 5) is 18.1. The Hall–Kier alpha value is -4.14. The van der Waals surface area contributed by atoms with Crippen molar-refractivity contribution in [1.29, 1.82) is 0 Å². The van der Waals surface area contributed by atoms with Crippen molar-refractivity contribution in [3.63, 3.8) is 0 Å². The third-order valence-corrected chi connectivity index (χ3v) is 6.38. The van der Waals surface area contributed by atoms with Gasteiger partial charge in [-0.2, -0.15) is 13.2 Å². The number of hydrogen-bond donors (Lipinski definition) is 1. The number of fused-ring (bicyclic) bond motifs is 3. The van der Waals surface area contributed by atoms with Crippen LogP contribution in [0.15, 0.2) is 66.7 Å². The van der Waals surface area contributed by atoms with E-state index in [1.807, 2.05) is 12.1 Å². The second-order valence-corrected chi connectivity index (χ2v) is 8.44. The van der Waals surface area contributed by atoms with Gasteiger partial charge in [0.2, 0.25) is 0 Å². The minimum Gasteiger partial charge on any atom is -0.497 e. The van der Waals surface area contributed by atoms with Crippen LogP contribution in [0, 0.1) is 0 Å². The van der Waals surface area contributed by atoms with Crippen LogP contribution in [0.25, 0.3) is 10.9 Å². The fourth-order valence-electron chi connectivity index (χ4n) is 4.61. The van der Waals surface area contributed by atoms with Crippen molar-refractivity contribution in [1.82, 2.24) is 9.88 Å². The molecule has 2 heterocycles. The highest BCUT2D eigenvalue weighted by atomic mass is 19.4. The zero-order valence-corrected chi connectivity index (χ0v) is 19.6. The van der Waals surface area contributed by atoms with Crippen LogP contribution in [0.2, 0.25) is 0 Å². The summed E-state index contributed by atoms with van der Waals surface area (Å²) in [6, 6.07) is 17.0. The number of H-pyrrole nitrogens is 1. The predicted octanol–water partition coefficient (Wildman–Crippen LogP) is 6.35. The minimum absolute atomic E-state index is 0.326. The van der Waals surface area contributed by atoms with E-state index in [9.17, 15) is 18.0 Å². The average molecular weight is 496 g/mol. The highest BCUT2D eigenvalue weighted by molar-refractivity contribution is 5.87. The first-order valence-electron chi connectivity index (χ1n) is 11.3. The Labute approximate surface area is 205 Å². The summed E-state index contributed by atoms with van der Waals surface area (Å²) in [5, 5.41) is 0.708. The number of nitrogens with one attached hydrogen (secondary N) is 1. The number of alkyl halides is 3. The molecular weight excluding hydrogens is 473 g/mol. The van der Waals surface area contributed by atoms with Gasteiger partial charge in [-0.3, -0.25) is 4.90 Å². The molecule has 1 aliphatic heterocycles. The monoisotopic (exact) mass is 496 g/mol. The zero-order valence-electron chi connectivity index (χ0n) is 19.6. The number of nitrogens with zero attached hydrogens (tertiary/aromatic N) is 1. The lowest BCUT2D eigenvalue weighted by Gasteiger charge is -2.35. The van der Waals surface area contributed by atoms with Gasteiger partial charge in [-0.05, 0) is 66.1 Å². The fraction of sp³-hybridized carbons (Fsp3) is 0.222. The van der Waals surface area contributed by atoms with Gasteiger partial charge in [-0.1, -0.05) is 18.2 Å². The first-order chi connectivity index (χ1) is 17.3. The third kappa shape index (κ3) is 4.32. The molecule has 1 unspecified atom stereocenters. The van der Waals surface area contributed by atoms with E-state index in [1.165, 1.54) is 6.07 Å². The molecule has 0 bridgehead atoms. The number of carbonyl (C=O) groups is 1. The average Bonchev–Trinajstić information content (AvgIpc) is 3.26. The SMILES string of the molecule is COc1ccc(OC(=O)N2CCc3c([nH]c4cc(C(F)(F)F)ccc34)C2c2ccc(OC)cc2)cc1. The highest BCUT2D eigenvalue weighted by Crippen LogP contribution is 2.41. The Morgan fingerprint density at radius 1 is 0.917 bits per heavy atom. The maximum absolute atomic E-state index is 13.3. The van der Waals surface area contributed by atoms with Gasteiger partial charge in [-0.15, -0.1) is 0 Å². The third-order valence-electron chi connectivity index (χ3n) is 6.38. The number of rotatable bonds is 4. The van der Waals surface area contributed by atoms with Gasteiger partial charge < -0.3 is 19.2 Å². The summed E-state index contributed by atoms with van der Waals surface area (Å²) in [5.74, 6) is 1.63. The summed E-state index contributed by atoms with van der Waals surface area (Å²) in [5.41, 5.74) is 1.95.